The molecule has 2 aromatic rings. The molecule has 0 saturated carbocycles. The fourth-order valence-corrected chi connectivity index (χ4v) is 2.59. The van der Waals surface area contributed by atoms with Crippen LogP contribution in [-0.4, -0.2) is 58.7 Å². The zero-order valence-electron chi connectivity index (χ0n) is 14.2. The minimum absolute atomic E-state index is 0.0709. The Kier molecular flexibility index (Phi) is 5.27. The molecule has 0 aromatic carbocycles. The number of pyridine rings is 1. The Morgan fingerprint density at radius 2 is 2.08 bits per heavy atom. The number of ether oxygens (including phenoxy) is 3. The van der Waals surface area contributed by atoms with Gasteiger partial charge in [-0.05, 0) is 13.0 Å². The highest BCUT2D eigenvalue weighted by Crippen LogP contribution is 2.20. The van der Waals surface area contributed by atoms with Gasteiger partial charge in [-0.2, -0.15) is 4.98 Å². The van der Waals surface area contributed by atoms with Gasteiger partial charge in [-0.3, -0.25) is 9.78 Å². The monoisotopic (exact) mass is 344 g/mol. The second-order valence-corrected chi connectivity index (χ2v) is 5.50. The van der Waals surface area contributed by atoms with E-state index in [9.17, 15) is 4.79 Å². The van der Waals surface area contributed by atoms with Crippen molar-refractivity contribution in [2.75, 3.05) is 26.8 Å². The van der Waals surface area contributed by atoms with E-state index < -0.39 is 0 Å². The smallest absolute Gasteiger partial charge is 0.255 e. The summed E-state index contributed by atoms with van der Waals surface area (Å²) in [5.41, 5.74) is 0.533. The molecule has 0 spiro atoms. The number of hydrogen-bond donors (Lipinski definition) is 0. The Hall–Kier alpha value is -2.90. The van der Waals surface area contributed by atoms with Gasteiger partial charge in [0, 0.05) is 25.2 Å². The average Bonchev–Trinajstić information content (AvgIpc) is 3.10. The maximum absolute atomic E-state index is 12.6. The molecule has 1 amide bonds. The van der Waals surface area contributed by atoms with Crippen LogP contribution in [0.1, 0.15) is 23.7 Å². The molecular formula is C17H20N4O4. The molecule has 8 heteroatoms. The number of amides is 1. The number of carbonyl (C=O) groups is 1. The van der Waals surface area contributed by atoms with Crippen LogP contribution in [0.3, 0.4) is 0 Å². The van der Waals surface area contributed by atoms with Crippen molar-refractivity contribution in [3.05, 3.63) is 36.3 Å². The number of likely N-dealkylation sites (tertiary alicyclic amines) is 1. The van der Waals surface area contributed by atoms with Crippen LogP contribution in [0.2, 0.25) is 0 Å². The first-order chi connectivity index (χ1) is 12.2. The fraction of sp³-hybridized carbons (Fsp3) is 0.412. The number of rotatable bonds is 6. The lowest BCUT2D eigenvalue weighted by Gasteiger charge is -2.17. The van der Waals surface area contributed by atoms with E-state index in [2.05, 4.69) is 15.0 Å². The third kappa shape index (κ3) is 4.14. The van der Waals surface area contributed by atoms with E-state index in [-0.39, 0.29) is 12.0 Å². The first kappa shape index (κ1) is 16.9. The molecule has 0 radical (unpaired) electrons. The summed E-state index contributed by atoms with van der Waals surface area (Å²) >= 11 is 0. The van der Waals surface area contributed by atoms with Gasteiger partial charge in [0.05, 0.1) is 38.2 Å². The largest absolute Gasteiger partial charge is 0.480 e. The van der Waals surface area contributed by atoms with Gasteiger partial charge in [-0.15, -0.1) is 0 Å². The predicted octanol–water partition coefficient (Wildman–Crippen LogP) is 1.57. The zero-order valence-corrected chi connectivity index (χ0v) is 14.2. The van der Waals surface area contributed by atoms with Crippen molar-refractivity contribution in [1.29, 1.82) is 0 Å². The second kappa shape index (κ2) is 7.78. The molecular weight excluding hydrogens is 324 g/mol. The maximum Gasteiger partial charge on any atom is 0.255 e. The molecule has 1 atom stereocenters. The zero-order chi connectivity index (χ0) is 17.6. The van der Waals surface area contributed by atoms with E-state index >= 15 is 0 Å². The Labute approximate surface area is 145 Å². The summed E-state index contributed by atoms with van der Waals surface area (Å²) in [5.74, 6) is 1.22. The van der Waals surface area contributed by atoms with Gasteiger partial charge >= 0.3 is 0 Å². The highest BCUT2D eigenvalue weighted by atomic mass is 16.5. The molecule has 1 aliphatic heterocycles. The summed E-state index contributed by atoms with van der Waals surface area (Å²) in [6, 6.07) is 3.43. The SMILES string of the molecule is CCOc1ccc(C(=O)N2CCC(Oc3cncc(OC)n3)C2)cn1. The average molecular weight is 344 g/mol. The van der Waals surface area contributed by atoms with Crippen LogP contribution in [0.15, 0.2) is 30.7 Å². The lowest BCUT2D eigenvalue weighted by Crippen LogP contribution is -2.31. The van der Waals surface area contributed by atoms with Crippen molar-refractivity contribution < 1.29 is 19.0 Å². The lowest BCUT2D eigenvalue weighted by molar-refractivity contribution is 0.0770. The molecule has 0 aliphatic carbocycles. The summed E-state index contributed by atoms with van der Waals surface area (Å²) in [6.45, 7) is 3.54. The summed E-state index contributed by atoms with van der Waals surface area (Å²) in [7, 11) is 1.52. The summed E-state index contributed by atoms with van der Waals surface area (Å²) in [6.07, 6.45) is 5.19. The molecule has 1 unspecified atom stereocenters. The van der Waals surface area contributed by atoms with E-state index in [1.54, 1.807) is 17.0 Å². The number of methoxy groups -OCH3 is 1. The van der Waals surface area contributed by atoms with Gasteiger partial charge in [0.2, 0.25) is 17.6 Å². The van der Waals surface area contributed by atoms with E-state index in [1.807, 2.05) is 6.92 Å². The van der Waals surface area contributed by atoms with Crippen LogP contribution >= 0.6 is 0 Å². The van der Waals surface area contributed by atoms with Crippen molar-refractivity contribution in [1.82, 2.24) is 19.9 Å². The topological polar surface area (TPSA) is 86.7 Å². The molecule has 2 aromatic heterocycles. The van der Waals surface area contributed by atoms with Gasteiger partial charge in [0.25, 0.3) is 5.91 Å². The standard InChI is InChI=1S/C17H20N4O4/c1-3-24-14-5-4-12(8-19-14)17(22)21-7-6-13(11-21)25-16-10-18-9-15(20-16)23-2/h4-5,8-10,13H,3,6-7,11H2,1-2H3. The highest BCUT2D eigenvalue weighted by Gasteiger charge is 2.29. The molecule has 1 fully saturated rings. The molecule has 3 rings (SSSR count). The number of aromatic nitrogens is 3. The molecule has 25 heavy (non-hydrogen) atoms. The van der Waals surface area contributed by atoms with Gasteiger partial charge < -0.3 is 19.1 Å². The summed E-state index contributed by atoms with van der Waals surface area (Å²) < 4.78 is 16.1. The van der Waals surface area contributed by atoms with Crippen LogP contribution in [0.5, 0.6) is 17.6 Å². The van der Waals surface area contributed by atoms with Crippen LogP contribution in [0, 0.1) is 0 Å². The summed E-state index contributed by atoms with van der Waals surface area (Å²) in [4.78, 5) is 26.6. The van der Waals surface area contributed by atoms with Crippen molar-refractivity contribution >= 4 is 5.91 Å². The van der Waals surface area contributed by atoms with Gasteiger partial charge in [-0.25, -0.2) is 4.98 Å². The number of carbonyl (C=O) groups excluding carboxylic acids is 1. The molecule has 1 saturated heterocycles. The van der Waals surface area contributed by atoms with E-state index in [0.29, 0.717) is 42.9 Å². The van der Waals surface area contributed by atoms with Gasteiger partial charge in [0.15, 0.2) is 0 Å². The van der Waals surface area contributed by atoms with Crippen molar-refractivity contribution in [3.8, 4) is 17.6 Å². The summed E-state index contributed by atoms with van der Waals surface area (Å²) in [5, 5.41) is 0. The number of hydrogen-bond acceptors (Lipinski definition) is 7. The minimum atomic E-state index is -0.124. The Bertz CT molecular complexity index is 723. The molecule has 1 aliphatic rings. The van der Waals surface area contributed by atoms with Crippen LogP contribution in [0.4, 0.5) is 0 Å². The molecule has 132 valence electrons. The van der Waals surface area contributed by atoms with Gasteiger partial charge in [-0.1, -0.05) is 0 Å². The lowest BCUT2D eigenvalue weighted by atomic mass is 10.2. The molecule has 0 N–H and O–H groups in total. The fourth-order valence-electron chi connectivity index (χ4n) is 2.59. The Morgan fingerprint density at radius 3 is 2.80 bits per heavy atom. The van der Waals surface area contributed by atoms with Crippen LogP contribution in [-0.2, 0) is 0 Å². The normalized spacial score (nSPS) is 16.6. The first-order valence-electron chi connectivity index (χ1n) is 8.10. The Balaban J connectivity index is 1.59. The predicted molar refractivity (Wildman–Crippen MR) is 88.9 cm³/mol. The quantitative estimate of drug-likeness (QED) is 0.786. The van der Waals surface area contributed by atoms with Crippen LogP contribution in [0.25, 0.3) is 0 Å². The first-order valence-corrected chi connectivity index (χ1v) is 8.10. The Morgan fingerprint density at radius 1 is 1.24 bits per heavy atom. The molecule has 8 nitrogen and oxygen atoms in total. The molecule has 0 bridgehead atoms. The van der Waals surface area contributed by atoms with E-state index in [0.717, 1.165) is 6.42 Å². The highest BCUT2D eigenvalue weighted by molar-refractivity contribution is 5.94. The third-order valence-corrected chi connectivity index (χ3v) is 3.79. The van der Waals surface area contributed by atoms with Crippen molar-refractivity contribution in [3.63, 3.8) is 0 Å². The molecule has 3 heterocycles. The van der Waals surface area contributed by atoms with Crippen molar-refractivity contribution in [2.45, 2.75) is 19.4 Å². The van der Waals surface area contributed by atoms with Crippen molar-refractivity contribution in [2.24, 2.45) is 0 Å². The number of nitrogens with zero attached hydrogens (tertiary/aromatic N) is 4. The van der Waals surface area contributed by atoms with Gasteiger partial charge in [0.1, 0.15) is 6.10 Å². The maximum atomic E-state index is 12.6. The second-order valence-electron chi connectivity index (χ2n) is 5.50. The third-order valence-electron chi connectivity index (χ3n) is 3.79. The minimum Gasteiger partial charge on any atom is -0.480 e. The van der Waals surface area contributed by atoms with E-state index in [1.165, 1.54) is 25.7 Å². The van der Waals surface area contributed by atoms with Crippen LogP contribution < -0.4 is 14.2 Å². The van der Waals surface area contributed by atoms with E-state index in [4.69, 9.17) is 14.2 Å².